The molecule has 4 heteroatoms. The highest BCUT2D eigenvalue weighted by molar-refractivity contribution is 7.50. The Balaban J connectivity index is 2.62. The summed E-state index contributed by atoms with van der Waals surface area (Å²) in [7, 11) is 0. The topological polar surface area (TPSA) is 9.23 Å². The van der Waals surface area contributed by atoms with Crippen LogP contribution in [0.1, 0.15) is 27.2 Å². The Bertz CT molecular complexity index is 338. The fourth-order valence-corrected chi connectivity index (χ4v) is 3.17. The summed E-state index contributed by atoms with van der Waals surface area (Å²) in [4.78, 5) is 0. The maximum absolute atomic E-state index is 6.31. The number of hydrogen-bond acceptors (Lipinski definition) is 1. The van der Waals surface area contributed by atoms with E-state index in [4.69, 9.17) is 26.9 Å². The molecule has 0 aliphatic rings. The highest BCUT2D eigenvalue weighted by Gasteiger charge is 2.28. The van der Waals surface area contributed by atoms with Crippen LogP contribution in [0.3, 0.4) is 0 Å². The molecule has 0 bridgehead atoms. The number of halogens is 2. The summed E-state index contributed by atoms with van der Waals surface area (Å²) < 4.78 is 5.69. The van der Waals surface area contributed by atoms with E-state index in [2.05, 4.69) is 13.8 Å². The molecule has 0 unspecified atom stereocenters. The van der Waals surface area contributed by atoms with Crippen molar-refractivity contribution in [3.05, 3.63) is 24.3 Å². The predicted molar refractivity (Wildman–Crippen MR) is 79.0 cm³/mol. The molecule has 0 radical (unpaired) electrons. The maximum Gasteiger partial charge on any atom is 0.280 e. The molecule has 0 aliphatic carbocycles. The van der Waals surface area contributed by atoms with E-state index in [1.54, 1.807) is 0 Å². The summed E-state index contributed by atoms with van der Waals surface area (Å²) in [6.45, 7) is 4.89. The molecule has 96 valence electrons. The first kappa shape index (κ1) is 14.9. The fourth-order valence-electron chi connectivity index (χ4n) is 1.36. The number of hydrogen-bond donors (Lipinski definition) is 0. The molecule has 1 aromatic carbocycles. The van der Waals surface area contributed by atoms with E-state index < -0.39 is 6.69 Å². The largest absolute Gasteiger partial charge is 0.493 e. The van der Waals surface area contributed by atoms with Gasteiger partial charge in [-0.05, 0) is 29.3 Å². The van der Waals surface area contributed by atoms with Gasteiger partial charge in [-0.3, -0.25) is 0 Å². The first-order chi connectivity index (χ1) is 7.99. The van der Waals surface area contributed by atoms with Crippen molar-refractivity contribution in [1.82, 2.24) is 0 Å². The van der Waals surface area contributed by atoms with Gasteiger partial charge in [-0.25, -0.2) is 0 Å². The fraction of sp³-hybridized carbons (Fsp3) is 0.538. The van der Waals surface area contributed by atoms with Crippen molar-refractivity contribution in [3.63, 3.8) is 0 Å². The standard InChI is InChI=1S/C13H20Cl2OSi/c1-4-11(3)10-16-12-6-8-13(9-7-12)17(14,15)5-2/h6-9,11H,4-5,10H2,1-3H3/t11-/m0/s1. The van der Waals surface area contributed by atoms with Crippen molar-refractivity contribution in [2.24, 2.45) is 5.92 Å². The lowest BCUT2D eigenvalue weighted by atomic mass is 10.1. The van der Waals surface area contributed by atoms with Crippen molar-refractivity contribution in [1.29, 1.82) is 0 Å². The minimum Gasteiger partial charge on any atom is -0.493 e. The molecule has 1 rings (SSSR count). The minimum atomic E-state index is -2.24. The molecule has 0 spiro atoms. The Morgan fingerprint density at radius 2 is 1.76 bits per heavy atom. The monoisotopic (exact) mass is 290 g/mol. The molecule has 1 aromatic rings. The normalized spacial score (nSPS) is 13.5. The third-order valence-corrected chi connectivity index (χ3v) is 7.93. The van der Waals surface area contributed by atoms with Gasteiger partial charge in [0.2, 0.25) is 0 Å². The Kier molecular flexibility index (Phi) is 5.84. The average molecular weight is 291 g/mol. The summed E-state index contributed by atoms with van der Waals surface area (Å²) in [5.41, 5.74) is 0. The van der Waals surface area contributed by atoms with Crippen LogP contribution < -0.4 is 9.92 Å². The minimum absolute atomic E-state index is 0.583. The smallest absolute Gasteiger partial charge is 0.280 e. The van der Waals surface area contributed by atoms with Crippen LogP contribution in [0.15, 0.2) is 24.3 Å². The number of rotatable bonds is 6. The predicted octanol–water partition coefficient (Wildman–Crippen LogP) is 4.26. The second-order valence-electron chi connectivity index (χ2n) is 4.41. The van der Waals surface area contributed by atoms with Crippen LogP contribution in [-0.2, 0) is 0 Å². The van der Waals surface area contributed by atoms with Gasteiger partial charge in [-0.15, -0.1) is 22.2 Å². The Morgan fingerprint density at radius 3 is 2.24 bits per heavy atom. The van der Waals surface area contributed by atoms with E-state index >= 15 is 0 Å². The molecule has 1 atom stereocenters. The molecule has 0 saturated heterocycles. The SMILES string of the molecule is CC[C@H](C)COc1ccc([Si](Cl)(Cl)CC)cc1. The lowest BCUT2D eigenvalue weighted by Crippen LogP contribution is -2.35. The van der Waals surface area contributed by atoms with Crippen LogP contribution in [0.2, 0.25) is 6.04 Å². The third-order valence-electron chi connectivity index (χ3n) is 2.95. The van der Waals surface area contributed by atoms with Crippen LogP contribution in [0, 0.1) is 5.92 Å². The van der Waals surface area contributed by atoms with Gasteiger partial charge >= 0.3 is 0 Å². The van der Waals surface area contributed by atoms with Crippen molar-refractivity contribution < 1.29 is 4.74 Å². The summed E-state index contributed by atoms with van der Waals surface area (Å²) in [5, 5.41) is 1.05. The Hall–Kier alpha value is -0.183. The Labute approximate surface area is 114 Å². The zero-order valence-electron chi connectivity index (χ0n) is 10.7. The molecule has 17 heavy (non-hydrogen) atoms. The van der Waals surface area contributed by atoms with Gasteiger partial charge in [0.1, 0.15) is 5.75 Å². The van der Waals surface area contributed by atoms with Crippen LogP contribution in [0.4, 0.5) is 0 Å². The zero-order valence-corrected chi connectivity index (χ0v) is 13.2. The van der Waals surface area contributed by atoms with Crippen molar-refractivity contribution >= 4 is 34.0 Å². The molecule has 0 aliphatic heterocycles. The van der Waals surface area contributed by atoms with Gasteiger partial charge in [-0.1, -0.05) is 39.3 Å². The highest BCUT2D eigenvalue weighted by atomic mass is 35.7. The molecule has 0 heterocycles. The second kappa shape index (κ2) is 6.67. The first-order valence-corrected chi connectivity index (χ1v) is 10.3. The van der Waals surface area contributed by atoms with Gasteiger partial charge < -0.3 is 4.74 Å². The van der Waals surface area contributed by atoms with Crippen LogP contribution in [-0.4, -0.2) is 13.3 Å². The molecular formula is C13H20Cl2OSi. The zero-order chi connectivity index (χ0) is 12.9. The maximum atomic E-state index is 6.31. The quantitative estimate of drug-likeness (QED) is 0.562. The first-order valence-electron chi connectivity index (χ1n) is 6.10. The molecule has 0 fully saturated rings. The summed E-state index contributed by atoms with van der Waals surface area (Å²) in [6.07, 6.45) is 1.13. The summed E-state index contributed by atoms with van der Waals surface area (Å²) >= 11 is 12.6. The summed E-state index contributed by atoms with van der Waals surface area (Å²) in [5.74, 6) is 1.48. The highest BCUT2D eigenvalue weighted by Crippen LogP contribution is 2.21. The molecular weight excluding hydrogens is 271 g/mol. The van der Waals surface area contributed by atoms with E-state index in [-0.39, 0.29) is 0 Å². The Morgan fingerprint density at radius 1 is 1.18 bits per heavy atom. The van der Waals surface area contributed by atoms with Gasteiger partial charge in [0, 0.05) is 0 Å². The molecule has 0 aromatic heterocycles. The summed E-state index contributed by atoms with van der Waals surface area (Å²) in [6, 6.07) is 8.71. The van der Waals surface area contributed by atoms with Gasteiger partial charge in [0.25, 0.3) is 6.69 Å². The molecule has 0 N–H and O–H groups in total. The second-order valence-corrected chi connectivity index (χ2v) is 11.6. The van der Waals surface area contributed by atoms with Gasteiger partial charge in [-0.2, -0.15) is 0 Å². The molecule has 1 nitrogen and oxygen atoms in total. The van der Waals surface area contributed by atoms with E-state index in [9.17, 15) is 0 Å². The van der Waals surface area contributed by atoms with Crippen molar-refractivity contribution in [2.75, 3.05) is 6.61 Å². The van der Waals surface area contributed by atoms with Crippen molar-refractivity contribution in [3.8, 4) is 5.75 Å². The van der Waals surface area contributed by atoms with Crippen molar-refractivity contribution in [2.45, 2.75) is 33.2 Å². The van der Waals surface area contributed by atoms with E-state index in [1.165, 1.54) is 0 Å². The molecule has 0 saturated carbocycles. The van der Waals surface area contributed by atoms with Gasteiger partial charge in [0.15, 0.2) is 0 Å². The molecule has 0 amide bonds. The van der Waals surface area contributed by atoms with Crippen LogP contribution >= 0.6 is 22.2 Å². The van der Waals surface area contributed by atoms with E-state index in [1.807, 2.05) is 31.2 Å². The number of benzene rings is 1. The van der Waals surface area contributed by atoms with Gasteiger partial charge in [0.05, 0.1) is 6.61 Å². The third kappa shape index (κ3) is 4.53. The van der Waals surface area contributed by atoms with Crippen LogP contribution in [0.25, 0.3) is 0 Å². The lowest BCUT2D eigenvalue weighted by molar-refractivity contribution is 0.256. The lowest BCUT2D eigenvalue weighted by Gasteiger charge is -2.16. The average Bonchev–Trinajstić information content (AvgIpc) is 2.36. The van der Waals surface area contributed by atoms with E-state index in [0.717, 1.165) is 30.0 Å². The number of ether oxygens (including phenoxy) is 1. The van der Waals surface area contributed by atoms with E-state index in [0.29, 0.717) is 5.92 Å². The van der Waals surface area contributed by atoms with Crippen LogP contribution in [0.5, 0.6) is 5.75 Å².